The van der Waals surface area contributed by atoms with Crippen molar-refractivity contribution in [2.75, 3.05) is 7.11 Å². The van der Waals surface area contributed by atoms with Crippen LogP contribution in [0.1, 0.15) is 45.5 Å². The molecule has 2 aliphatic rings. The second kappa shape index (κ2) is 9.86. The predicted octanol–water partition coefficient (Wildman–Crippen LogP) is 1.62. The fourth-order valence-electron chi connectivity index (χ4n) is 4.19. The van der Waals surface area contributed by atoms with Crippen LogP contribution in [0.5, 0.6) is 0 Å². The summed E-state index contributed by atoms with van der Waals surface area (Å²) < 4.78 is 0. The highest BCUT2D eigenvalue weighted by Crippen LogP contribution is 2.28. The standard InChI is InChI=1S/C25H26N4O5/c1-15-3-5-16(6-4-15)12-20(28-34-2)23(31)26-13-17-7-8-19-18(11-17)14-29(25(19)33)21-9-10-22(30)27-24(21)32/h3-8,11,21H,9-10,12-14H2,1-2H3,(H,26,31)(H,27,30,32)/b28-20+. The van der Waals surface area contributed by atoms with Gasteiger partial charge in [0, 0.05) is 31.5 Å². The van der Waals surface area contributed by atoms with E-state index in [-0.39, 0.29) is 42.9 Å². The summed E-state index contributed by atoms with van der Waals surface area (Å²) in [7, 11) is 1.40. The van der Waals surface area contributed by atoms with Gasteiger partial charge in [-0.25, -0.2) is 0 Å². The first-order valence-corrected chi connectivity index (χ1v) is 11.1. The summed E-state index contributed by atoms with van der Waals surface area (Å²) in [5.74, 6) is -1.33. The number of imide groups is 1. The van der Waals surface area contributed by atoms with Gasteiger partial charge in [-0.05, 0) is 36.1 Å². The highest BCUT2D eigenvalue weighted by Gasteiger charge is 2.39. The first-order valence-electron chi connectivity index (χ1n) is 11.1. The van der Waals surface area contributed by atoms with E-state index in [0.717, 1.165) is 22.3 Å². The Labute approximate surface area is 197 Å². The lowest BCUT2D eigenvalue weighted by Crippen LogP contribution is -2.52. The average Bonchev–Trinajstić information content (AvgIpc) is 3.14. The zero-order valence-corrected chi connectivity index (χ0v) is 19.1. The van der Waals surface area contributed by atoms with Crippen LogP contribution in [0.25, 0.3) is 0 Å². The minimum Gasteiger partial charge on any atom is -0.399 e. The van der Waals surface area contributed by atoms with E-state index in [9.17, 15) is 19.2 Å². The molecule has 0 spiro atoms. The molecular weight excluding hydrogens is 436 g/mol. The summed E-state index contributed by atoms with van der Waals surface area (Å²) >= 11 is 0. The minimum atomic E-state index is -0.657. The number of hydrogen-bond acceptors (Lipinski definition) is 6. The Morgan fingerprint density at radius 3 is 2.59 bits per heavy atom. The van der Waals surface area contributed by atoms with Crippen molar-refractivity contribution in [2.45, 2.75) is 45.3 Å². The van der Waals surface area contributed by atoms with Crippen LogP contribution < -0.4 is 10.6 Å². The monoisotopic (exact) mass is 462 g/mol. The summed E-state index contributed by atoms with van der Waals surface area (Å²) in [4.78, 5) is 55.5. The molecule has 34 heavy (non-hydrogen) atoms. The minimum absolute atomic E-state index is 0.210. The Balaban J connectivity index is 1.40. The molecule has 1 fully saturated rings. The number of benzene rings is 2. The molecule has 9 heteroatoms. The average molecular weight is 463 g/mol. The zero-order valence-electron chi connectivity index (χ0n) is 19.1. The van der Waals surface area contributed by atoms with Crippen LogP contribution in [-0.4, -0.2) is 47.4 Å². The normalized spacial score (nSPS) is 17.9. The van der Waals surface area contributed by atoms with Crippen LogP contribution in [0, 0.1) is 6.92 Å². The molecule has 2 aliphatic heterocycles. The van der Waals surface area contributed by atoms with Gasteiger partial charge in [-0.15, -0.1) is 0 Å². The van der Waals surface area contributed by atoms with E-state index in [4.69, 9.17) is 4.84 Å². The third kappa shape index (κ3) is 4.98. The van der Waals surface area contributed by atoms with Crippen LogP contribution in [-0.2, 0) is 38.7 Å². The molecule has 0 aromatic heterocycles. The zero-order chi connectivity index (χ0) is 24.2. The third-order valence-electron chi connectivity index (χ3n) is 6.00. The number of carbonyl (C=O) groups excluding carboxylic acids is 4. The number of amides is 4. The topological polar surface area (TPSA) is 117 Å². The van der Waals surface area contributed by atoms with Gasteiger partial charge in [-0.2, -0.15) is 0 Å². The smallest absolute Gasteiger partial charge is 0.269 e. The molecule has 2 N–H and O–H groups in total. The number of hydrogen-bond donors (Lipinski definition) is 2. The molecule has 2 aromatic rings. The second-order valence-corrected chi connectivity index (χ2v) is 8.46. The second-order valence-electron chi connectivity index (χ2n) is 8.46. The lowest BCUT2D eigenvalue weighted by Gasteiger charge is -2.29. The molecule has 0 radical (unpaired) electrons. The van der Waals surface area contributed by atoms with Crippen LogP contribution in [0.3, 0.4) is 0 Å². The fraction of sp³-hybridized carbons (Fsp3) is 0.320. The molecule has 4 rings (SSSR count). The Kier molecular flexibility index (Phi) is 6.72. The SMILES string of the molecule is CO/N=C(\Cc1ccc(C)cc1)C(=O)NCc1ccc2c(c1)CN(C1CCC(=O)NC1=O)C2=O. The molecule has 1 atom stereocenters. The van der Waals surface area contributed by atoms with Crippen molar-refractivity contribution in [2.24, 2.45) is 5.16 Å². The maximum Gasteiger partial charge on any atom is 0.269 e. The van der Waals surface area contributed by atoms with Crippen molar-refractivity contribution < 1.29 is 24.0 Å². The highest BCUT2D eigenvalue weighted by atomic mass is 16.6. The molecule has 0 saturated carbocycles. The number of piperidine rings is 1. The number of oxime groups is 1. The molecular formula is C25H26N4O5. The van der Waals surface area contributed by atoms with Crippen molar-refractivity contribution in [3.8, 4) is 0 Å². The summed E-state index contributed by atoms with van der Waals surface area (Å²) in [5, 5.41) is 9.04. The lowest BCUT2D eigenvalue weighted by atomic mass is 10.0. The predicted molar refractivity (Wildman–Crippen MR) is 124 cm³/mol. The Morgan fingerprint density at radius 2 is 1.88 bits per heavy atom. The largest absolute Gasteiger partial charge is 0.399 e. The van der Waals surface area contributed by atoms with Crippen molar-refractivity contribution in [1.29, 1.82) is 0 Å². The van der Waals surface area contributed by atoms with Gasteiger partial charge >= 0.3 is 0 Å². The van der Waals surface area contributed by atoms with E-state index in [2.05, 4.69) is 15.8 Å². The number of fused-ring (bicyclic) bond motifs is 1. The van der Waals surface area contributed by atoms with Gasteiger partial charge in [0.1, 0.15) is 18.9 Å². The molecule has 1 unspecified atom stereocenters. The molecule has 2 aromatic carbocycles. The van der Waals surface area contributed by atoms with E-state index in [1.807, 2.05) is 37.3 Å². The van der Waals surface area contributed by atoms with E-state index >= 15 is 0 Å². The highest BCUT2D eigenvalue weighted by molar-refractivity contribution is 6.39. The van der Waals surface area contributed by atoms with Crippen LogP contribution >= 0.6 is 0 Å². The third-order valence-corrected chi connectivity index (χ3v) is 6.00. The van der Waals surface area contributed by atoms with E-state index < -0.39 is 11.9 Å². The van der Waals surface area contributed by atoms with Gasteiger partial charge in [0.15, 0.2) is 0 Å². The van der Waals surface area contributed by atoms with Gasteiger partial charge in [-0.3, -0.25) is 24.5 Å². The molecule has 1 saturated heterocycles. The molecule has 0 bridgehead atoms. The molecule has 9 nitrogen and oxygen atoms in total. The van der Waals surface area contributed by atoms with Gasteiger partial charge in [0.05, 0.1) is 0 Å². The summed E-state index contributed by atoms with van der Waals surface area (Å²) in [6, 6.07) is 12.5. The van der Waals surface area contributed by atoms with Crippen LogP contribution in [0.2, 0.25) is 0 Å². The first kappa shape index (κ1) is 23.2. The summed E-state index contributed by atoms with van der Waals surface area (Å²) in [6.07, 6.45) is 0.858. The van der Waals surface area contributed by atoms with Gasteiger partial charge in [0.25, 0.3) is 11.8 Å². The molecule has 4 amide bonds. The Hall–Kier alpha value is -4.01. The first-order chi connectivity index (χ1) is 16.4. The van der Waals surface area contributed by atoms with E-state index in [1.54, 1.807) is 12.1 Å². The number of nitrogens with zero attached hydrogens (tertiary/aromatic N) is 2. The maximum absolute atomic E-state index is 12.8. The van der Waals surface area contributed by atoms with Crippen molar-refractivity contribution >= 4 is 29.3 Å². The van der Waals surface area contributed by atoms with E-state index in [1.165, 1.54) is 12.0 Å². The van der Waals surface area contributed by atoms with Crippen molar-refractivity contribution in [3.63, 3.8) is 0 Å². The summed E-state index contributed by atoms with van der Waals surface area (Å²) in [6.45, 7) is 2.52. The Morgan fingerprint density at radius 1 is 1.15 bits per heavy atom. The van der Waals surface area contributed by atoms with Crippen molar-refractivity contribution in [3.05, 3.63) is 70.3 Å². The van der Waals surface area contributed by atoms with Gasteiger partial charge < -0.3 is 15.1 Å². The maximum atomic E-state index is 12.8. The lowest BCUT2D eigenvalue weighted by molar-refractivity contribution is -0.137. The van der Waals surface area contributed by atoms with Crippen LogP contribution in [0.15, 0.2) is 47.6 Å². The van der Waals surface area contributed by atoms with Gasteiger partial charge in [-0.1, -0.05) is 47.1 Å². The molecule has 0 aliphatic carbocycles. The number of carbonyl (C=O) groups is 4. The summed E-state index contributed by atoms with van der Waals surface area (Å²) in [5.41, 5.74) is 4.46. The quantitative estimate of drug-likeness (QED) is 0.368. The number of nitrogens with one attached hydrogen (secondary N) is 2. The fourth-order valence-corrected chi connectivity index (χ4v) is 4.19. The van der Waals surface area contributed by atoms with Crippen molar-refractivity contribution in [1.82, 2.24) is 15.5 Å². The molecule has 2 heterocycles. The number of rotatable bonds is 7. The van der Waals surface area contributed by atoms with E-state index in [0.29, 0.717) is 18.4 Å². The number of aryl methyl sites for hydroxylation is 1. The van der Waals surface area contributed by atoms with Gasteiger partial charge in [0.2, 0.25) is 11.8 Å². The van der Waals surface area contributed by atoms with Crippen LogP contribution in [0.4, 0.5) is 0 Å². The Bertz CT molecular complexity index is 1170. The molecule has 176 valence electrons.